The zero-order valence-corrected chi connectivity index (χ0v) is 19.7. The molecule has 5 heteroatoms. The van der Waals surface area contributed by atoms with E-state index in [2.05, 4.69) is 60.4 Å². The molecule has 0 amide bonds. The molecule has 1 aromatic rings. The van der Waals surface area contributed by atoms with Crippen LogP contribution in [-0.4, -0.2) is 41.0 Å². The first-order valence-electron chi connectivity index (χ1n) is 11.7. The summed E-state index contributed by atoms with van der Waals surface area (Å²) < 4.78 is 0. The van der Waals surface area contributed by atoms with Gasteiger partial charge in [-0.15, -0.1) is 0 Å². The number of hydrogen-bond donors (Lipinski definition) is 1. The van der Waals surface area contributed by atoms with Crippen LogP contribution in [0.3, 0.4) is 0 Å². The lowest BCUT2D eigenvalue weighted by molar-refractivity contribution is -0.0524. The molecule has 1 saturated carbocycles. The standard InChI is InChI=1S/C25H37N3OS/c1-24(2,3)21-11-9-20(10-12-21)22-17-25(29-27-22)13-15-28(16-14-25)23(30)26-18-19-7-5-4-6-8-19/h9-12,19H,4-8,13-18H2,1-3H3,(H,26,30). The normalized spacial score (nSPS) is 22.0. The van der Waals surface area contributed by atoms with E-state index in [-0.39, 0.29) is 11.0 Å². The molecule has 0 aromatic heterocycles. The van der Waals surface area contributed by atoms with Gasteiger partial charge >= 0.3 is 0 Å². The summed E-state index contributed by atoms with van der Waals surface area (Å²) in [7, 11) is 0. The number of nitrogens with zero attached hydrogens (tertiary/aromatic N) is 2. The minimum absolute atomic E-state index is 0.145. The second-order valence-corrected chi connectivity index (χ2v) is 10.9. The first kappa shape index (κ1) is 21.6. The highest BCUT2D eigenvalue weighted by Gasteiger charge is 2.42. The Balaban J connectivity index is 1.26. The molecule has 30 heavy (non-hydrogen) atoms. The Labute approximate surface area is 187 Å². The SMILES string of the molecule is CC(C)(C)c1ccc(C2=NOC3(CCN(C(=S)NCC4CCCCC4)CC3)C2)cc1. The number of likely N-dealkylation sites (tertiary alicyclic amines) is 1. The van der Waals surface area contributed by atoms with Gasteiger partial charge in [-0.3, -0.25) is 0 Å². The van der Waals surface area contributed by atoms with E-state index in [1.54, 1.807) is 0 Å². The van der Waals surface area contributed by atoms with Gasteiger partial charge < -0.3 is 15.1 Å². The van der Waals surface area contributed by atoms with Gasteiger partial charge in [-0.2, -0.15) is 0 Å². The lowest BCUT2D eigenvalue weighted by Gasteiger charge is -2.38. The largest absolute Gasteiger partial charge is 0.388 e. The molecule has 1 aromatic carbocycles. The summed E-state index contributed by atoms with van der Waals surface area (Å²) >= 11 is 5.69. The minimum atomic E-state index is -0.145. The van der Waals surface area contributed by atoms with Crippen molar-refractivity contribution in [1.82, 2.24) is 10.2 Å². The summed E-state index contributed by atoms with van der Waals surface area (Å²) in [5.74, 6) is 0.798. The summed E-state index contributed by atoms with van der Waals surface area (Å²) in [6.45, 7) is 9.67. The number of rotatable bonds is 3. The van der Waals surface area contributed by atoms with Crippen molar-refractivity contribution in [1.29, 1.82) is 0 Å². The van der Waals surface area contributed by atoms with E-state index in [0.29, 0.717) is 0 Å². The van der Waals surface area contributed by atoms with E-state index >= 15 is 0 Å². The zero-order valence-electron chi connectivity index (χ0n) is 18.9. The lowest BCUT2D eigenvalue weighted by Crippen LogP contribution is -2.50. The van der Waals surface area contributed by atoms with Crippen LogP contribution < -0.4 is 5.32 Å². The van der Waals surface area contributed by atoms with E-state index in [0.717, 1.165) is 55.6 Å². The van der Waals surface area contributed by atoms with Crippen LogP contribution in [0.2, 0.25) is 0 Å². The molecule has 3 aliphatic rings. The van der Waals surface area contributed by atoms with Crippen molar-refractivity contribution >= 4 is 23.0 Å². The molecule has 4 rings (SSSR count). The van der Waals surface area contributed by atoms with E-state index in [1.807, 2.05) is 0 Å². The number of nitrogens with one attached hydrogen (secondary N) is 1. The summed E-state index contributed by atoms with van der Waals surface area (Å²) in [6, 6.07) is 8.84. The Morgan fingerprint density at radius 2 is 1.80 bits per heavy atom. The third kappa shape index (κ3) is 4.99. The second-order valence-electron chi connectivity index (χ2n) is 10.5. The molecule has 2 heterocycles. The van der Waals surface area contributed by atoms with Gasteiger partial charge in [0.2, 0.25) is 0 Å². The Morgan fingerprint density at radius 1 is 1.13 bits per heavy atom. The van der Waals surface area contributed by atoms with E-state index in [9.17, 15) is 0 Å². The van der Waals surface area contributed by atoms with Crippen molar-refractivity contribution in [3.8, 4) is 0 Å². The average Bonchev–Trinajstić information content (AvgIpc) is 3.16. The maximum absolute atomic E-state index is 6.03. The van der Waals surface area contributed by atoms with Crippen LogP contribution in [0, 0.1) is 5.92 Å². The summed E-state index contributed by atoms with van der Waals surface area (Å²) in [5.41, 5.74) is 3.65. The molecule has 1 spiro atoms. The van der Waals surface area contributed by atoms with E-state index in [1.165, 1.54) is 43.2 Å². The van der Waals surface area contributed by atoms with E-state index < -0.39 is 0 Å². The predicted molar refractivity (Wildman–Crippen MR) is 128 cm³/mol. The van der Waals surface area contributed by atoms with Crippen LogP contribution in [0.25, 0.3) is 0 Å². The maximum Gasteiger partial charge on any atom is 0.168 e. The molecule has 1 saturated heterocycles. The fraction of sp³-hybridized carbons (Fsp3) is 0.680. The Bertz CT molecular complexity index is 767. The molecule has 2 fully saturated rings. The van der Waals surface area contributed by atoms with Crippen molar-refractivity contribution < 1.29 is 4.84 Å². The smallest absolute Gasteiger partial charge is 0.168 e. The number of hydrogen-bond acceptors (Lipinski definition) is 3. The molecule has 0 radical (unpaired) electrons. The molecule has 1 N–H and O–H groups in total. The molecular formula is C25H37N3OS. The molecule has 2 aliphatic heterocycles. The molecule has 164 valence electrons. The molecular weight excluding hydrogens is 390 g/mol. The Hall–Kier alpha value is -1.62. The van der Waals surface area contributed by atoms with Gasteiger partial charge in [-0.25, -0.2) is 0 Å². The number of thiocarbonyl (C=S) groups is 1. The highest BCUT2D eigenvalue weighted by Crippen LogP contribution is 2.36. The molecule has 0 unspecified atom stereocenters. The van der Waals surface area contributed by atoms with Gasteiger partial charge in [0, 0.05) is 38.9 Å². The van der Waals surface area contributed by atoms with Gasteiger partial charge in [0.25, 0.3) is 0 Å². The minimum Gasteiger partial charge on any atom is -0.388 e. The van der Waals surface area contributed by atoms with Crippen molar-refractivity contribution in [3.05, 3.63) is 35.4 Å². The quantitative estimate of drug-likeness (QED) is 0.656. The Kier molecular flexibility index (Phi) is 6.38. The highest BCUT2D eigenvalue weighted by atomic mass is 32.1. The van der Waals surface area contributed by atoms with Gasteiger partial charge in [-0.05, 0) is 47.5 Å². The third-order valence-electron chi connectivity index (χ3n) is 7.15. The van der Waals surface area contributed by atoms with Gasteiger partial charge in [-0.1, -0.05) is 69.5 Å². The molecule has 0 bridgehead atoms. The molecule has 4 nitrogen and oxygen atoms in total. The van der Waals surface area contributed by atoms with Crippen LogP contribution in [0.1, 0.15) is 83.3 Å². The highest BCUT2D eigenvalue weighted by molar-refractivity contribution is 7.80. The van der Waals surface area contributed by atoms with Crippen LogP contribution >= 0.6 is 12.2 Å². The third-order valence-corrected chi connectivity index (χ3v) is 7.55. The first-order valence-corrected chi connectivity index (χ1v) is 12.1. The Morgan fingerprint density at radius 3 is 2.43 bits per heavy atom. The second kappa shape index (κ2) is 8.86. The lowest BCUT2D eigenvalue weighted by atomic mass is 9.84. The summed E-state index contributed by atoms with van der Waals surface area (Å²) in [5, 5.41) is 8.96. The van der Waals surface area contributed by atoms with Gasteiger partial charge in [0.1, 0.15) is 5.60 Å². The van der Waals surface area contributed by atoms with Crippen LogP contribution in [-0.2, 0) is 10.3 Å². The molecule has 1 aliphatic carbocycles. The van der Waals surface area contributed by atoms with Gasteiger partial charge in [0.15, 0.2) is 5.11 Å². The number of benzene rings is 1. The summed E-state index contributed by atoms with van der Waals surface area (Å²) in [6.07, 6.45) is 9.72. The van der Waals surface area contributed by atoms with Crippen molar-refractivity contribution in [3.63, 3.8) is 0 Å². The average molecular weight is 428 g/mol. The maximum atomic E-state index is 6.03. The first-order chi connectivity index (χ1) is 14.3. The monoisotopic (exact) mass is 427 g/mol. The topological polar surface area (TPSA) is 36.9 Å². The molecule has 0 atom stereocenters. The van der Waals surface area contributed by atoms with Gasteiger partial charge in [0.05, 0.1) is 5.71 Å². The predicted octanol–water partition coefficient (Wildman–Crippen LogP) is 5.40. The zero-order chi connectivity index (χ0) is 21.2. The fourth-order valence-corrected chi connectivity index (χ4v) is 5.23. The fourth-order valence-electron chi connectivity index (χ4n) is 4.96. The van der Waals surface area contributed by atoms with Crippen molar-refractivity contribution in [2.45, 2.75) is 83.2 Å². The summed E-state index contributed by atoms with van der Waals surface area (Å²) in [4.78, 5) is 8.35. The van der Waals surface area contributed by atoms with Crippen LogP contribution in [0.5, 0.6) is 0 Å². The van der Waals surface area contributed by atoms with Crippen LogP contribution in [0.15, 0.2) is 29.4 Å². The van der Waals surface area contributed by atoms with E-state index in [4.69, 9.17) is 17.1 Å². The van der Waals surface area contributed by atoms with Crippen molar-refractivity contribution in [2.75, 3.05) is 19.6 Å². The number of piperidine rings is 1. The van der Waals surface area contributed by atoms with Crippen molar-refractivity contribution in [2.24, 2.45) is 11.1 Å². The van der Waals surface area contributed by atoms with Crippen LogP contribution in [0.4, 0.5) is 0 Å². The number of oxime groups is 1.